The Kier molecular flexibility index (Phi) is 6.82. The van der Waals surface area contributed by atoms with E-state index in [4.69, 9.17) is 14.2 Å². The maximum absolute atomic E-state index is 13.0. The van der Waals surface area contributed by atoms with Crippen molar-refractivity contribution in [3.05, 3.63) is 47.5 Å². The number of likely N-dealkylation sites (tertiary alicyclic amines) is 1. The number of carbonyl (C=O) groups excluding carboxylic acids is 3. The summed E-state index contributed by atoms with van der Waals surface area (Å²) in [5, 5.41) is 2.74. The SMILES string of the molecule is COc1ccc(CCC(=O)N2CCC(C(=O)c3ccc4c(c3)NC(=O)CO4)CC2)cc1OC. The Hall–Kier alpha value is -3.55. The minimum atomic E-state index is -0.230. The van der Waals surface area contributed by atoms with Crippen LogP contribution in [0.15, 0.2) is 36.4 Å². The Labute approximate surface area is 192 Å². The predicted molar refractivity (Wildman–Crippen MR) is 122 cm³/mol. The molecule has 0 atom stereocenters. The zero-order valence-corrected chi connectivity index (χ0v) is 18.9. The van der Waals surface area contributed by atoms with Crippen LogP contribution < -0.4 is 19.5 Å². The molecule has 2 aromatic rings. The van der Waals surface area contributed by atoms with Crippen molar-refractivity contribution < 1.29 is 28.6 Å². The lowest BCUT2D eigenvalue weighted by atomic mass is 9.88. The van der Waals surface area contributed by atoms with Crippen LogP contribution in [-0.2, 0) is 16.0 Å². The molecule has 33 heavy (non-hydrogen) atoms. The maximum Gasteiger partial charge on any atom is 0.262 e. The number of aryl methyl sites for hydroxylation is 1. The first kappa shape index (κ1) is 22.6. The molecular formula is C25H28N2O6. The molecule has 0 spiro atoms. The molecule has 2 aliphatic rings. The third-order valence-electron chi connectivity index (χ3n) is 6.19. The highest BCUT2D eigenvalue weighted by molar-refractivity contribution is 6.01. The molecule has 0 radical (unpaired) electrons. The highest BCUT2D eigenvalue weighted by Gasteiger charge is 2.29. The quantitative estimate of drug-likeness (QED) is 0.649. The molecule has 2 amide bonds. The average molecular weight is 453 g/mol. The van der Waals surface area contributed by atoms with Gasteiger partial charge in [-0.05, 0) is 55.2 Å². The number of amides is 2. The number of nitrogens with zero attached hydrogens (tertiary/aromatic N) is 1. The van der Waals surface area contributed by atoms with Crippen LogP contribution in [0.4, 0.5) is 5.69 Å². The summed E-state index contributed by atoms with van der Waals surface area (Å²) in [6.07, 6.45) is 2.27. The van der Waals surface area contributed by atoms with Crippen LogP contribution in [0.2, 0.25) is 0 Å². The van der Waals surface area contributed by atoms with Crippen molar-refractivity contribution in [2.75, 3.05) is 39.2 Å². The Morgan fingerprint density at radius 3 is 2.55 bits per heavy atom. The fraction of sp³-hybridized carbons (Fsp3) is 0.400. The van der Waals surface area contributed by atoms with Gasteiger partial charge in [-0.25, -0.2) is 0 Å². The lowest BCUT2D eigenvalue weighted by Gasteiger charge is -2.31. The summed E-state index contributed by atoms with van der Waals surface area (Å²) in [5.74, 6) is 1.63. The van der Waals surface area contributed by atoms with E-state index in [1.807, 2.05) is 23.1 Å². The minimum absolute atomic E-state index is 0.0151. The molecule has 0 saturated carbocycles. The topological polar surface area (TPSA) is 94.2 Å². The van der Waals surface area contributed by atoms with Crippen LogP contribution in [0.1, 0.15) is 35.2 Å². The zero-order valence-electron chi connectivity index (χ0n) is 18.9. The largest absolute Gasteiger partial charge is 0.493 e. The third-order valence-corrected chi connectivity index (χ3v) is 6.19. The number of anilines is 1. The first-order valence-corrected chi connectivity index (χ1v) is 11.1. The second-order valence-electron chi connectivity index (χ2n) is 8.26. The van der Waals surface area contributed by atoms with Gasteiger partial charge in [0.15, 0.2) is 23.9 Å². The van der Waals surface area contributed by atoms with E-state index < -0.39 is 0 Å². The summed E-state index contributed by atoms with van der Waals surface area (Å²) in [5.41, 5.74) is 2.09. The lowest BCUT2D eigenvalue weighted by Crippen LogP contribution is -2.40. The number of hydrogen-bond acceptors (Lipinski definition) is 6. The molecule has 0 bridgehead atoms. The van der Waals surface area contributed by atoms with E-state index in [0.717, 1.165) is 5.56 Å². The van der Waals surface area contributed by atoms with Crippen molar-refractivity contribution in [3.63, 3.8) is 0 Å². The van der Waals surface area contributed by atoms with E-state index in [-0.39, 0.29) is 30.1 Å². The number of Topliss-reactive ketones (excluding diaryl/α,β-unsaturated/α-hetero) is 1. The van der Waals surface area contributed by atoms with Gasteiger partial charge in [-0.15, -0.1) is 0 Å². The predicted octanol–water partition coefficient (Wildman–Crippen LogP) is 3.09. The van der Waals surface area contributed by atoms with Crippen LogP contribution in [0.5, 0.6) is 17.2 Å². The van der Waals surface area contributed by atoms with Crippen LogP contribution in [0.3, 0.4) is 0 Å². The van der Waals surface area contributed by atoms with Gasteiger partial charge in [-0.3, -0.25) is 14.4 Å². The van der Waals surface area contributed by atoms with Gasteiger partial charge in [0.05, 0.1) is 19.9 Å². The zero-order chi connectivity index (χ0) is 23.4. The molecule has 8 nitrogen and oxygen atoms in total. The fourth-order valence-corrected chi connectivity index (χ4v) is 4.31. The number of rotatable bonds is 7. The van der Waals surface area contributed by atoms with E-state index in [1.165, 1.54) is 0 Å². The number of benzene rings is 2. The number of carbonyl (C=O) groups is 3. The summed E-state index contributed by atoms with van der Waals surface area (Å²) in [6.45, 7) is 1.11. The van der Waals surface area contributed by atoms with E-state index in [1.54, 1.807) is 32.4 Å². The molecule has 174 valence electrons. The fourth-order valence-electron chi connectivity index (χ4n) is 4.31. The summed E-state index contributed by atoms with van der Waals surface area (Å²) >= 11 is 0. The van der Waals surface area contributed by atoms with E-state index >= 15 is 0 Å². The van der Waals surface area contributed by atoms with Gasteiger partial charge >= 0.3 is 0 Å². The standard InChI is InChI=1S/C25H28N2O6/c1-31-21-6-3-16(13-22(21)32-2)4-8-24(29)27-11-9-17(10-12-27)25(30)18-5-7-20-19(14-18)26-23(28)15-33-20/h3,5-7,13-14,17H,4,8-12,15H2,1-2H3,(H,26,28). The molecule has 2 heterocycles. The Morgan fingerprint density at radius 2 is 1.82 bits per heavy atom. The van der Waals surface area contributed by atoms with Gasteiger partial charge < -0.3 is 24.4 Å². The highest BCUT2D eigenvalue weighted by Crippen LogP contribution is 2.31. The van der Waals surface area contributed by atoms with Crippen LogP contribution in [-0.4, -0.2) is 56.4 Å². The van der Waals surface area contributed by atoms with Gasteiger partial charge in [0.1, 0.15) is 5.75 Å². The molecular weight excluding hydrogens is 424 g/mol. The van der Waals surface area contributed by atoms with Crippen molar-refractivity contribution in [2.45, 2.75) is 25.7 Å². The van der Waals surface area contributed by atoms with Crippen LogP contribution in [0, 0.1) is 5.92 Å². The first-order valence-electron chi connectivity index (χ1n) is 11.1. The molecule has 1 N–H and O–H groups in total. The number of methoxy groups -OCH3 is 2. The molecule has 2 aromatic carbocycles. The molecule has 2 aliphatic heterocycles. The number of ketones is 1. The summed E-state index contributed by atoms with van der Waals surface area (Å²) in [4.78, 5) is 39.1. The average Bonchev–Trinajstić information content (AvgIpc) is 2.86. The molecule has 4 rings (SSSR count). The van der Waals surface area contributed by atoms with Crippen molar-refractivity contribution >= 4 is 23.3 Å². The molecule has 0 aromatic heterocycles. The molecule has 0 unspecified atom stereocenters. The van der Waals surface area contributed by atoms with Gasteiger partial charge in [0.25, 0.3) is 5.91 Å². The smallest absolute Gasteiger partial charge is 0.262 e. The number of piperidine rings is 1. The third kappa shape index (κ3) is 5.10. The first-order chi connectivity index (χ1) is 16.0. The molecule has 8 heteroatoms. The van der Waals surface area contributed by atoms with Crippen LogP contribution in [0.25, 0.3) is 0 Å². The Bertz CT molecular complexity index is 1060. The van der Waals surface area contributed by atoms with E-state index in [9.17, 15) is 14.4 Å². The number of ether oxygens (including phenoxy) is 3. The summed E-state index contributed by atoms with van der Waals surface area (Å²) in [6, 6.07) is 10.8. The Morgan fingerprint density at radius 1 is 1.06 bits per heavy atom. The van der Waals surface area contributed by atoms with Crippen molar-refractivity contribution in [2.24, 2.45) is 5.92 Å². The van der Waals surface area contributed by atoms with Gasteiger partial charge in [0, 0.05) is 31.0 Å². The molecule has 1 saturated heterocycles. The second kappa shape index (κ2) is 9.94. The highest BCUT2D eigenvalue weighted by atomic mass is 16.5. The minimum Gasteiger partial charge on any atom is -0.493 e. The summed E-state index contributed by atoms with van der Waals surface area (Å²) < 4.78 is 15.9. The molecule has 1 fully saturated rings. The van der Waals surface area contributed by atoms with E-state index in [2.05, 4.69) is 5.32 Å². The van der Waals surface area contributed by atoms with Crippen molar-refractivity contribution in [1.82, 2.24) is 4.90 Å². The monoisotopic (exact) mass is 452 g/mol. The van der Waals surface area contributed by atoms with Crippen molar-refractivity contribution in [1.29, 1.82) is 0 Å². The molecule has 0 aliphatic carbocycles. The maximum atomic E-state index is 13.0. The van der Waals surface area contributed by atoms with Gasteiger partial charge in [-0.2, -0.15) is 0 Å². The Balaban J connectivity index is 1.29. The van der Waals surface area contributed by atoms with Crippen molar-refractivity contribution in [3.8, 4) is 17.2 Å². The number of hydrogen-bond donors (Lipinski definition) is 1. The lowest BCUT2D eigenvalue weighted by molar-refractivity contribution is -0.132. The summed E-state index contributed by atoms with van der Waals surface area (Å²) in [7, 11) is 3.18. The number of fused-ring (bicyclic) bond motifs is 1. The van der Waals surface area contributed by atoms with Gasteiger partial charge in [-0.1, -0.05) is 6.07 Å². The van der Waals surface area contributed by atoms with E-state index in [0.29, 0.717) is 67.3 Å². The van der Waals surface area contributed by atoms with Crippen LogP contribution >= 0.6 is 0 Å². The second-order valence-corrected chi connectivity index (χ2v) is 8.26. The number of nitrogens with one attached hydrogen (secondary N) is 1. The van der Waals surface area contributed by atoms with Gasteiger partial charge in [0.2, 0.25) is 5.91 Å². The normalized spacial score (nSPS) is 15.8.